The molecule has 0 spiro atoms. The number of fused-ring (bicyclic) bond motifs is 1. The van der Waals surface area contributed by atoms with Crippen LogP contribution in [0.3, 0.4) is 0 Å². The number of para-hydroxylation sites is 2. The number of hydrogen-bond acceptors (Lipinski definition) is 4. The molecule has 3 N–H and O–H groups in total. The second-order valence-corrected chi connectivity index (χ2v) is 6.70. The van der Waals surface area contributed by atoms with E-state index >= 15 is 0 Å². The largest absolute Gasteiger partial charge is 0.369 e. The molecule has 1 heterocycles. The molecule has 4 aromatic rings. The van der Waals surface area contributed by atoms with Crippen molar-refractivity contribution in [2.45, 2.75) is 6.42 Å². The third-order valence-electron chi connectivity index (χ3n) is 4.65. The number of nitrogens with zero attached hydrogens (tertiary/aromatic N) is 2. The van der Waals surface area contributed by atoms with Gasteiger partial charge in [-0.3, -0.25) is 14.4 Å². The molecule has 0 unspecified atom stereocenters. The van der Waals surface area contributed by atoms with Crippen molar-refractivity contribution in [2.24, 2.45) is 5.73 Å². The highest BCUT2D eigenvalue weighted by atomic mass is 16.2. The van der Waals surface area contributed by atoms with Gasteiger partial charge in [-0.25, -0.2) is 0 Å². The Bertz CT molecular complexity index is 1310. The fourth-order valence-electron chi connectivity index (χ4n) is 3.27. The lowest BCUT2D eigenvalue weighted by Gasteiger charge is -2.13. The number of aromatic nitrogens is 2. The number of primary amides is 1. The number of anilines is 1. The molecule has 0 bridgehead atoms. The van der Waals surface area contributed by atoms with Crippen LogP contribution in [0.1, 0.15) is 16.1 Å². The number of nitrogens with one attached hydrogen (secondary N) is 1. The summed E-state index contributed by atoms with van der Waals surface area (Å²) in [4.78, 5) is 37.5. The van der Waals surface area contributed by atoms with Gasteiger partial charge in [0.05, 0.1) is 17.5 Å². The summed E-state index contributed by atoms with van der Waals surface area (Å²) >= 11 is 0. The molecule has 7 nitrogen and oxygen atoms in total. The van der Waals surface area contributed by atoms with E-state index in [4.69, 9.17) is 5.73 Å². The maximum atomic E-state index is 13.2. The fraction of sp³-hybridized carbons (Fsp3) is 0.0435. The first kappa shape index (κ1) is 19.1. The molecule has 0 fully saturated rings. The standard InChI is InChI=1S/C23H18N4O3/c24-20(28)14-15-8-4-7-13-19(15)25-22(29)21-17-11-5-6-12-18(17)23(30)27(26-21)16-9-2-1-3-10-16/h1-13H,14H2,(H2,24,28)(H,25,29). The van der Waals surface area contributed by atoms with Crippen molar-refractivity contribution in [3.63, 3.8) is 0 Å². The first-order valence-electron chi connectivity index (χ1n) is 9.29. The van der Waals surface area contributed by atoms with Crippen LogP contribution in [-0.4, -0.2) is 21.6 Å². The van der Waals surface area contributed by atoms with Crippen molar-refractivity contribution < 1.29 is 9.59 Å². The van der Waals surface area contributed by atoms with E-state index in [9.17, 15) is 14.4 Å². The third kappa shape index (κ3) is 3.68. The summed E-state index contributed by atoms with van der Waals surface area (Å²) in [5, 5.41) is 7.98. The minimum atomic E-state index is -0.502. The van der Waals surface area contributed by atoms with Gasteiger partial charge in [0.2, 0.25) is 5.91 Å². The van der Waals surface area contributed by atoms with Crippen molar-refractivity contribution in [1.29, 1.82) is 0 Å². The minimum Gasteiger partial charge on any atom is -0.369 e. The lowest BCUT2D eigenvalue weighted by atomic mass is 10.1. The van der Waals surface area contributed by atoms with Crippen LogP contribution in [0.15, 0.2) is 83.7 Å². The van der Waals surface area contributed by atoms with Crippen LogP contribution in [-0.2, 0) is 11.2 Å². The first-order chi connectivity index (χ1) is 14.5. The van der Waals surface area contributed by atoms with Crippen LogP contribution in [0.5, 0.6) is 0 Å². The number of carbonyl (C=O) groups excluding carboxylic acids is 2. The van der Waals surface area contributed by atoms with Gasteiger partial charge in [-0.1, -0.05) is 54.6 Å². The van der Waals surface area contributed by atoms with E-state index in [1.807, 2.05) is 6.07 Å². The molecule has 0 aliphatic rings. The lowest BCUT2D eigenvalue weighted by molar-refractivity contribution is -0.117. The summed E-state index contributed by atoms with van der Waals surface area (Å²) in [6.45, 7) is 0. The monoisotopic (exact) mass is 398 g/mol. The number of rotatable bonds is 5. The van der Waals surface area contributed by atoms with Crippen molar-refractivity contribution in [3.05, 3.63) is 100 Å². The van der Waals surface area contributed by atoms with E-state index in [0.29, 0.717) is 27.7 Å². The quantitative estimate of drug-likeness (QED) is 0.539. The molecule has 0 atom stereocenters. The fourth-order valence-corrected chi connectivity index (χ4v) is 3.27. The van der Waals surface area contributed by atoms with Gasteiger partial charge < -0.3 is 11.1 Å². The molecular weight excluding hydrogens is 380 g/mol. The Kier molecular flexibility index (Phi) is 5.09. The first-order valence-corrected chi connectivity index (χ1v) is 9.29. The van der Waals surface area contributed by atoms with Gasteiger partial charge in [-0.05, 0) is 29.8 Å². The summed E-state index contributed by atoms with van der Waals surface area (Å²) in [5.41, 5.74) is 6.70. The molecule has 148 valence electrons. The highest BCUT2D eigenvalue weighted by Gasteiger charge is 2.18. The molecule has 0 saturated heterocycles. The van der Waals surface area contributed by atoms with E-state index in [1.54, 1.807) is 72.8 Å². The maximum Gasteiger partial charge on any atom is 0.279 e. The van der Waals surface area contributed by atoms with E-state index in [2.05, 4.69) is 10.4 Å². The number of nitrogens with two attached hydrogens (primary N) is 1. The molecule has 0 radical (unpaired) electrons. The number of carbonyl (C=O) groups is 2. The van der Waals surface area contributed by atoms with Crippen molar-refractivity contribution in [2.75, 3.05) is 5.32 Å². The number of amides is 2. The van der Waals surface area contributed by atoms with Gasteiger partial charge in [0.1, 0.15) is 0 Å². The molecule has 1 aromatic heterocycles. The predicted octanol–water partition coefficient (Wildman–Crippen LogP) is 2.67. The Hall–Kier alpha value is -4.26. The van der Waals surface area contributed by atoms with Crippen LogP contribution in [0.4, 0.5) is 5.69 Å². The zero-order valence-electron chi connectivity index (χ0n) is 15.9. The molecule has 2 amide bonds. The summed E-state index contributed by atoms with van der Waals surface area (Å²) < 4.78 is 1.21. The van der Waals surface area contributed by atoms with Crippen LogP contribution >= 0.6 is 0 Å². The molecule has 4 rings (SSSR count). The van der Waals surface area contributed by atoms with E-state index < -0.39 is 11.8 Å². The topological polar surface area (TPSA) is 107 Å². The zero-order valence-corrected chi connectivity index (χ0v) is 15.9. The minimum absolute atomic E-state index is 0.00581. The van der Waals surface area contributed by atoms with Gasteiger partial charge in [-0.2, -0.15) is 9.78 Å². The van der Waals surface area contributed by atoms with Crippen LogP contribution in [0, 0.1) is 0 Å². The Balaban J connectivity index is 1.83. The average Bonchev–Trinajstić information content (AvgIpc) is 2.76. The molecule has 3 aromatic carbocycles. The van der Waals surface area contributed by atoms with Crippen LogP contribution < -0.4 is 16.6 Å². The molecule has 0 aliphatic carbocycles. The summed E-state index contributed by atoms with van der Waals surface area (Å²) in [6.07, 6.45) is -0.00581. The highest BCUT2D eigenvalue weighted by Crippen LogP contribution is 2.20. The number of benzene rings is 3. The Morgan fingerprint density at radius 2 is 1.50 bits per heavy atom. The Morgan fingerprint density at radius 1 is 0.867 bits per heavy atom. The van der Waals surface area contributed by atoms with Gasteiger partial charge in [0.25, 0.3) is 11.5 Å². The summed E-state index contributed by atoms with van der Waals surface area (Å²) in [5.74, 6) is -0.995. The smallest absolute Gasteiger partial charge is 0.279 e. The Morgan fingerprint density at radius 3 is 2.23 bits per heavy atom. The second kappa shape index (κ2) is 8.00. The van der Waals surface area contributed by atoms with E-state index in [-0.39, 0.29) is 17.7 Å². The molecule has 7 heteroatoms. The van der Waals surface area contributed by atoms with Crippen LogP contribution in [0.25, 0.3) is 16.5 Å². The average molecular weight is 398 g/mol. The zero-order chi connectivity index (χ0) is 21.1. The second-order valence-electron chi connectivity index (χ2n) is 6.70. The van der Waals surface area contributed by atoms with Crippen molar-refractivity contribution in [3.8, 4) is 5.69 Å². The van der Waals surface area contributed by atoms with E-state index in [0.717, 1.165) is 0 Å². The summed E-state index contributed by atoms with van der Waals surface area (Å²) in [6, 6.07) is 22.6. The van der Waals surface area contributed by atoms with Gasteiger partial charge in [0.15, 0.2) is 5.69 Å². The molecule has 0 saturated carbocycles. The van der Waals surface area contributed by atoms with Gasteiger partial charge >= 0.3 is 0 Å². The summed E-state index contributed by atoms with van der Waals surface area (Å²) in [7, 11) is 0. The van der Waals surface area contributed by atoms with Crippen LogP contribution in [0.2, 0.25) is 0 Å². The normalized spacial score (nSPS) is 10.7. The van der Waals surface area contributed by atoms with Gasteiger partial charge in [0, 0.05) is 11.1 Å². The van der Waals surface area contributed by atoms with Gasteiger partial charge in [-0.15, -0.1) is 0 Å². The van der Waals surface area contributed by atoms with Crippen molar-refractivity contribution >= 4 is 28.3 Å². The SMILES string of the molecule is NC(=O)Cc1ccccc1NC(=O)c1nn(-c2ccccc2)c(=O)c2ccccc12. The molecule has 0 aliphatic heterocycles. The van der Waals surface area contributed by atoms with Crippen molar-refractivity contribution in [1.82, 2.24) is 9.78 Å². The maximum absolute atomic E-state index is 13.2. The molecular formula is C23H18N4O3. The lowest BCUT2D eigenvalue weighted by Crippen LogP contribution is -2.26. The third-order valence-corrected chi connectivity index (χ3v) is 4.65. The van der Waals surface area contributed by atoms with E-state index in [1.165, 1.54) is 4.68 Å². The molecule has 30 heavy (non-hydrogen) atoms. The Labute approximate surface area is 171 Å². The number of hydrogen-bond donors (Lipinski definition) is 2. The highest BCUT2D eigenvalue weighted by molar-refractivity contribution is 6.11. The predicted molar refractivity (Wildman–Crippen MR) is 115 cm³/mol.